The van der Waals surface area contributed by atoms with Gasteiger partial charge in [0.05, 0.1) is 10.4 Å². The maximum absolute atomic E-state index is 13.3. The summed E-state index contributed by atoms with van der Waals surface area (Å²) in [6, 6.07) is 6.85. The molecule has 1 atom stereocenters. The zero-order chi connectivity index (χ0) is 24.6. The van der Waals surface area contributed by atoms with Crippen LogP contribution < -0.4 is 11.1 Å². The maximum atomic E-state index is 13.3. The van der Waals surface area contributed by atoms with E-state index in [1.165, 1.54) is 16.2 Å². The van der Waals surface area contributed by atoms with Crippen molar-refractivity contribution in [1.82, 2.24) is 10.2 Å². The first-order valence-electron chi connectivity index (χ1n) is 10.9. The Morgan fingerprint density at radius 1 is 1.12 bits per heavy atom. The number of primary amides is 1. The summed E-state index contributed by atoms with van der Waals surface area (Å²) in [5, 5.41) is 14.5. The van der Waals surface area contributed by atoms with Gasteiger partial charge < -0.3 is 21.1 Å². The van der Waals surface area contributed by atoms with Gasteiger partial charge >= 0.3 is 12.1 Å². The number of alkyl halides is 3. The molecule has 11 heteroatoms. The van der Waals surface area contributed by atoms with E-state index in [9.17, 15) is 32.7 Å². The number of aliphatic hydroxyl groups is 1. The minimum Gasteiger partial charge on any atom is -0.369 e. The number of amides is 3. The number of hydrogen-bond acceptors (Lipinski definition) is 5. The van der Waals surface area contributed by atoms with Gasteiger partial charge in [-0.1, -0.05) is 18.2 Å². The van der Waals surface area contributed by atoms with Crippen LogP contribution >= 0.6 is 11.3 Å². The normalized spacial score (nSPS) is 22.5. The summed E-state index contributed by atoms with van der Waals surface area (Å²) in [6.07, 6.45) is -3.43. The van der Waals surface area contributed by atoms with Crippen LogP contribution in [0.4, 0.5) is 13.2 Å². The number of halogens is 3. The molecule has 1 aromatic carbocycles. The molecule has 1 unspecified atom stereocenters. The van der Waals surface area contributed by atoms with E-state index in [-0.39, 0.29) is 24.3 Å². The summed E-state index contributed by atoms with van der Waals surface area (Å²) in [7, 11) is 0. The average molecular weight is 496 g/mol. The Morgan fingerprint density at radius 2 is 1.79 bits per heavy atom. The fourth-order valence-electron chi connectivity index (χ4n) is 4.80. The van der Waals surface area contributed by atoms with Crippen LogP contribution in [0.3, 0.4) is 0 Å². The quantitative estimate of drug-likeness (QED) is 0.570. The van der Waals surface area contributed by atoms with Crippen LogP contribution in [0.5, 0.6) is 0 Å². The first-order chi connectivity index (χ1) is 16.1. The number of carbonyl (C=O) groups excluding carboxylic acids is 3. The van der Waals surface area contributed by atoms with Crippen LogP contribution in [-0.4, -0.2) is 47.0 Å². The van der Waals surface area contributed by atoms with Crippen molar-refractivity contribution in [2.24, 2.45) is 17.6 Å². The highest BCUT2D eigenvalue weighted by molar-refractivity contribution is 7.12. The number of thiophene rings is 1. The van der Waals surface area contributed by atoms with Crippen molar-refractivity contribution in [3.8, 4) is 11.1 Å². The first kappa shape index (κ1) is 24.2. The lowest BCUT2D eigenvalue weighted by Crippen LogP contribution is -2.40. The third kappa shape index (κ3) is 4.67. The largest absolute Gasteiger partial charge is 0.471 e. The molecule has 3 amide bonds. The number of carbonyl (C=O) groups is 3. The topological polar surface area (TPSA) is 113 Å². The van der Waals surface area contributed by atoms with Gasteiger partial charge in [-0.2, -0.15) is 13.2 Å². The molecule has 1 aliphatic heterocycles. The van der Waals surface area contributed by atoms with Crippen molar-refractivity contribution in [3.05, 3.63) is 45.6 Å². The number of nitrogens with one attached hydrogen (secondary N) is 1. The van der Waals surface area contributed by atoms with Crippen molar-refractivity contribution in [2.45, 2.75) is 38.1 Å². The highest BCUT2D eigenvalue weighted by Crippen LogP contribution is 2.41. The molecule has 0 saturated heterocycles. The van der Waals surface area contributed by atoms with E-state index in [2.05, 4.69) is 0 Å². The predicted octanol–water partition coefficient (Wildman–Crippen LogP) is 3.45. The summed E-state index contributed by atoms with van der Waals surface area (Å²) in [4.78, 5) is 37.9. The van der Waals surface area contributed by atoms with Crippen LogP contribution in [0.25, 0.3) is 11.1 Å². The Balaban J connectivity index is 1.42. The second-order valence-electron chi connectivity index (χ2n) is 8.72. The average Bonchev–Trinajstić information content (AvgIpc) is 3.38. The van der Waals surface area contributed by atoms with Gasteiger partial charge in [0.25, 0.3) is 11.8 Å². The van der Waals surface area contributed by atoms with Crippen molar-refractivity contribution < 1.29 is 32.7 Å². The summed E-state index contributed by atoms with van der Waals surface area (Å²) < 4.78 is 37.1. The predicted molar refractivity (Wildman–Crippen MR) is 119 cm³/mol. The van der Waals surface area contributed by atoms with Crippen molar-refractivity contribution >= 4 is 29.1 Å². The van der Waals surface area contributed by atoms with Crippen molar-refractivity contribution in [2.75, 3.05) is 13.1 Å². The summed E-state index contributed by atoms with van der Waals surface area (Å²) in [5.41, 5.74) is 7.38. The molecule has 1 fully saturated rings. The Hall–Kier alpha value is -2.92. The highest BCUT2D eigenvalue weighted by atomic mass is 32.1. The van der Waals surface area contributed by atoms with Crippen LogP contribution in [0.2, 0.25) is 0 Å². The van der Waals surface area contributed by atoms with E-state index < -0.39 is 24.2 Å². The molecule has 4 rings (SSSR count). The summed E-state index contributed by atoms with van der Waals surface area (Å²) in [6.45, 7) is 0.274. The Bertz CT molecular complexity index is 1110. The van der Waals surface area contributed by atoms with E-state index >= 15 is 0 Å². The van der Waals surface area contributed by atoms with Gasteiger partial charge in [-0.15, -0.1) is 11.3 Å². The molecular weight excluding hydrogens is 471 g/mol. The molecule has 1 saturated carbocycles. The number of fused-ring (bicyclic) bond motifs is 1. The fraction of sp³-hybridized carbons (Fsp3) is 0.435. The van der Waals surface area contributed by atoms with E-state index in [0.29, 0.717) is 59.4 Å². The zero-order valence-electron chi connectivity index (χ0n) is 18.1. The van der Waals surface area contributed by atoms with Gasteiger partial charge in [0.1, 0.15) is 0 Å². The lowest BCUT2D eigenvalue weighted by atomic mass is 9.81. The summed E-state index contributed by atoms with van der Waals surface area (Å²) in [5.74, 6) is -2.84. The first-order valence-corrected chi connectivity index (χ1v) is 11.8. The van der Waals surface area contributed by atoms with E-state index in [1.807, 2.05) is 5.32 Å². The third-order valence-electron chi connectivity index (χ3n) is 6.55. The molecule has 0 radical (unpaired) electrons. The SMILES string of the molecule is NC(=O)c1sccc1-c1cccc2c1C(=O)N(CC1CCC(CNC(=O)C(F)(F)F)CC1)C2O. The molecule has 2 aromatic rings. The smallest absolute Gasteiger partial charge is 0.369 e. The molecule has 7 nitrogen and oxygen atoms in total. The molecule has 1 aliphatic carbocycles. The molecule has 0 spiro atoms. The lowest BCUT2D eigenvalue weighted by molar-refractivity contribution is -0.173. The van der Waals surface area contributed by atoms with Gasteiger partial charge in [-0.25, -0.2) is 0 Å². The van der Waals surface area contributed by atoms with Crippen molar-refractivity contribution in [3.63, 3.8) is 0 Å². The van der Waals surface area contributed by atoms with Crippen LogP contribution in [0, 0.1) is 11.8 Å². The number of aliphatic hydroxyl groups excluding tert-OH is 1. The third-order valence-corrected chi connectivity index (χ3v) is 7.48. The van der Waals surface area contributed by atoms with E-state index in [1.54, 1.807) is 29.6 Å². The molecule has 0 bridgehead atoms. The highest BCUT2D eigenvalue weighted by Gasteiger charge is 2.40. The molecule has 34 heavy (non-hydrogen) atoms. The van der Waals surface area contributed by atoms with Gasteiger partial charge in [-0.3, -0.25) is 14.4 Å². The maximum Gasteiger partial charge on any atom is 0.471 e. The van der Waals surface area contributed by atoms with Crippen LogP contribution in [-0.2, 0) is 4.79 Å². The monoisotopic (exact) mass is 495 g/mol. The van der Waals surface area contributed by atoms with Gasteiger partial charge in [0.15, 0.2) is 6.23 Å². The Morgan fingerprint density at radius 3 is 2.44 bits per heavy atom. The molecule has 2 aliphatic rings. The number of hydrogen-bond donors (Lipinski definition) is 3. The zero-order valence-corrected chi connectivity index (χ0v) is 18.9. The molecule has 182 valence electrons. The number of rotatable bonds is 6. The Labute approximate surface area is 197 Å². The standard InChI is InChI=1S/C23H24F3N3O4S/c24-23(25,26)22(33)28-10-12-4-6-13(7-5-12)11-29-20(31)16-3-1-2-14(17(16)21(29)32)15-8-9-34-18(15)19(27)30/h1-3,8-9,12-13,20,31H,4-7,10-11H2,(H2,27,30)(H,28,33). The second-order valence-corrected chi connectivity index (χ2v) is 9.64. The van der Waals surface area contributed by atoms with Gasteiger partial charge in [0, 0.05) is 24.2 Å². The van der Waals surface area contributed by atoms with E-state index in [0.717, 1.165) is 0 Å². The second kappa shape index (κ2) is 9.38. The number of benzene rings is 1. The molecule has 4 N–H and O–H groups in total. The van der Waals surface area contributed by atoms with Gasteiger partial charge in [0.2, 0.25) is 0 Å². The summed E-state index contributed by atoms with van der Waals surface area (Å²) >= 11 is 1.19. The molecule has 2 heterocycles. The number of nitrogens with zero attached hydrogens (tertiary/aromatic N) is 1. The molecule has 1 aromatic heterocycles. The van der Waals surface area contributed by atoms with E-state index in [4.69, 9.17) is 5.73 Å². The minimum atomic E-state index is -4.89. The Kier molecular flexibility index (Phi) is 6.68. The number of nitrogens with two attached hydrogens (primary N) is 1. The van der Waals surface area contributed by atoms with Crippen molar-refractivity contribution in [1.29, 1.82) is 0 Å². The lowest BCUT2D eigenvalue weighted by Gasteiger charge is -2.32. The minimum absolute atomic E-state index is 0.0338. The molecular formula is C23H24F3N3O4S. The fourth-order valence-corrected chi connectivity index (χ4v) is 5.56. The van der Waals surface area contributed by atoms with Gasteiger partial charge in [-0.05, 0) is 54.5 Å². The van der Waals surface area contributed by atoms with Crippen LogP contribution in [0.1, 0.15) is 57.5 Å². The van der Waals surface area contributed by atoms with Crippen LogP contribution in [0.15, 0.2) is 29.6 Å².